The summed E-state index contributed by atoms with van der Waals surface area (Å²) in [6, 6.07) is 11.8. The molecular formula is C23H28N4O7. The minimum atomic E-state index is -0.886. The molecule has 0 aliphatic carbocycles. The number of carbonyl (C=O) groups excluding carboxylic acids is 3. The normalized spacial score (nSPS) is 10.4. The molecule has 11 nitrogen and oxygen atoms in total. The Hall–Kier alpha value is -4.12. The summed E-state index contributed by atoms with van der Waals surface area (Å²) in [5.41, 5.74) is 3.30. The van der Waals surface area contributed by atoms with Crippen molar-refractivity contribution in [1.29, 1.82) is 0 Å². The summed E-state index contributed by atoms with van der Waals surface area (Å²) in [5, 5.41) is 8.94. The van der Waals surface area contributed by atoms with Gasteiger partial charge in [-0.3, -0.25) is 14.4 Å². The van der Waals surface area contributed by atoms with Crippen molar-refractivity contribution in [1.82, 2.24) is 10.7 Å². The van der Waals surface area contributed by atoms with Crippen LogP contribution in [0.3, 0.4) is 0 Å². The van der Waals surface area contributed by atoms with Crippen molar-refractivity contribution in [2.75, 3.05) is 46.4 Å². The van der Waals surface area contributed by atoms with Crippen LogP contribution in [0.4, 0.5) is 5.69 Å². The van der Waals surface area contributed by atoms with Gasteiger partial charge in [0.05, 0.1) is 20.4 Å². The highest BCUT2D eigenvalue weighted by atomic mass is 16.5. The fourth-order valence-electron chi connectivity index (χ4n) is 2.64. The summed E-state index contributed by atoms with van der Waals surface area (Å²) in [6.07, 6.45) is 1.94. The first kappa shape index (κ1) is 26.1. The molecule has 0 unspecified atom stereocenters. The molecule has 3 amide bonds. The van der Waals surface area contributed by atoms with Gasteiger partial charge in [-0.05, 0) is 42.3 Å². The molecule has 0 aromatic heterocycles. The van der Waals surface area contributed by atoms with Gasteiger partial charge in [-0.2, -0.15) is 5.10 Å². The van der Waals surface area contributed by atoms with E-state index in [0.717, 1.165) is 0 Å². The SMILES string of the molecule is COCCCNC(=O)C(=O)N/N=C\c1ccc(OCC(=O)Nc2cccc(OC)c2)c(OC)c1. The molecule has 0 spiro atoms. The maximum Gasteiger partial charge on any atom is 0.329 e. The van der Waals surface area contributed by atoms with Crippen LogP contribution in [0.2, 0.25) is 0 Å². The van der Waals surface area contributed by atoms with E-state index < -0.39 is 11.8 Å². The summed E-state index contributed by atoms with van der Waals surface area (Å²) in [7, 11) is 4.55. The summed E-state index contributed by atoms with van der Waals surface area (Å²) in [4.78, 5) is 35.6. The van der Waals surface area contributed by atoms with Crippen LogP contribution < -0.4 is 30.3 Å². The lowest BCUT2D eigenvalue weighted by Crippen LogP contribution is -2.38. The molecule has 0 fully saturated rings. The fraction of sp³-hybridized carbons (Fsp3) is 0.304. The Balaban J connectivity index is 1.86. The minimum Gasteiger partial charge on any atom is -0.497 e. The Morgan fingerprint density at radius 3 is 2.53 bits per heavy atom. The number of amides is 3. The molecule has 3 N–H and O–H groups in total. The highest BCUT2D eigenvalue weighted by Gasteiger charge is 2.12. The van der Waals surface area contributed by atoms with E-state index in [2.05, 4.69) is 21.2 Å². The summed E-state index contributed by atoms with van der Waals surface area (Å²) >= 11 is 0. The lowest BCUT2D eigenvalue weighted by molar-refractivity contribution is -0.139. The molecule has 2 aromatic rings. The number of hydrazone groups is 1. The van der Waals surface area contributed by atoms with Crippen LogP contribution in [-0.2, 0) is 19.1 Å². The number of methoxy groups -OCH3 is 3. The van der Waals surface area contributed by atoms with E-state index in [4.69, 9.17) is 18.9 Å². The predicted octanol–water partition coefficient (Wildman–Crippen LogP) is 1.32. The number of hydrogen-bond acceptors (Lipinski definition) is 8. The van der Waals surface area contributed by atoms with Gasteiger partial charge >= 0.3 is 11.8 Å². The Bertz CT molecular complexity index is 1010. The average Bonchev–Trinajstić information content (AvgIpc) is 2.85. The molecule has 34 heavy (non-hydrogen) atoms. The number of nitrogens with zero attached hydrogens (tertiary/aromatic N) is 1. The second-order valence-electron chi connectivity index (χ2n) is 6.78. The fourth-order valence-corrected chi connectivity index (χ4v) is 2.64. The molecule has 0 aliphatic heterocycles. The van der Waals surface area contributed by atoms with Gasteiger partial charge in [0.25, 0.3) is 5.91 Å². The Kier molecular flexibility index (Phi) is 10.8. The largest absolute Gasteiger partial charge is 0.497 e. The predicted molar refractivity (Wildman–Crippen MR) is 125 cm³/mol. The van der Waals surface area contributed by atoms with Crippen molar-refractivity contribution in [3.63, 3.8) is 0 Å². The van der Waals surface area contributed by atoms with Crippen LogP contribution in [0.5, 0.6) is 17.2 Å². The maximum atomic E-state index is 12.2. The number of rotatable bonds is 12. The average molecular weight is 472 g/mol. The zero-order valence-corrected chi connectivity index (χ0v) is 19.3. The molecule has 0 radical (unpaired) electrons. The van der Waals surface area contributed by atoms with Gasteiger partial charge in [-0.25, -0.2) is 5.43 Å². The third-order valence-electron chi connectivity index (χ3n) is 4.30. The summed E-state index contributed by atoms with van der Waals surface area (Å²) < 4.78 is 20.9. The van der Waals surface area contributed by atoms with Gasteiger partial charge in [0.15, 0.2) is 18.1 Å². The minimum absolute atomic E-state index is 0.240. The number of anilines is 1. The van der Waals surface area contributed by atoms with Gasteiger partial charge in [-0.15, -0.1) is 0 Å². The van der Waals surface area contributed by atoms with Crippen LogP contribution in [-0.4, -0.2) is 65.0 Å². The molecule has 0 saturated carbocycles. The number of benzene rings is 2. The second kappa shape index (κ2) is 14.1. The van der Waals surface area contributed by atoms with E-state index in [-0.39, 0.29) is 12.5 Å². The number of nitrogens with one attached hydrogen (secondary N) is 3. The lowest BCUT2D eigenvalue weighted by Gasteiger charge is -2.12. The molecule has 0 aliphatic rings. The van der Waals surface area contributed by atoms with E-state index in [1.165, 1.54) is 13.3 Å². The molecule has 0 atom stereocenters. The first-order valence-electron chi connectivity index (χ1n) is 10.3. The van der Waals surface area contributed by atoms with Gasteiger partial charge < -0.3 is 29.6 Å². The topological polar surface area (TPSA) is 137 Å². The molecule has 11 heteroatoms. The number of hydrogen-bond donors (Lipinski definition) is 3. The van der Waals surface area contributed by atoms with E-state index in [0.29, 0.717) is 48.1 Å². The smallest absolute Gasteiger partial charge is 0.329 e. The van der Waals surface area contributed by atoms with Crippen LogP contribution >= 0.6 is 0 Å². The van der Waals surface area contributed by atoms with Crippen molar-refractivity contribution in [3.05, 3.63) is 48.0 Å². The van der Waals surface area contributed by atoms with E-state index >= 15 is 0 Å². The third-order valence-corrected chi connectivity index (χ3v) is 4.30. The standard InChI is InChI=1S/C23H28N4O7/c1-31-11-5-10-24-22(29)23(30)27-25-14-16-8-9-19(20(12-16)33-3)34-15-21(28)26-17-6-4-7-18(13-17)32-2/h4,6-9,12-14H,5,10-11,15H2,1-3H3,(H,24,29)(H,26,28)(H,27,30)/b25-14-. The molecule has 2 rings (SSSR count). The second-order valence-corrected chi connectivity index (χ2v) is 6.78. The zero-order valence-electron chi connectivity index (χ0n) is 19.3. The van der Waals surface area contributed by atoms with Gasteiger partial charge in [0.2, 0.25) is 0 Å². The monoisotopic (exact) mass is 472 g/mol. The number of ether oxygens (including phenoxy) is 4. The molecule has 0 bridgehead atoms. The van der Waals surface area contributed by atoms with Crippen LogP contribution in [0.25, 0.3) is 0 Å². The first-order chi connectivity index (χ1) is 16.5. The molecule has 0 heterocycles. The first-order valence-corrected chi connectivity index (χ1v) is 10.3. The van der Waals surface area contributed by atoms with Crippen LogP contribution in [0, 0.1) is 0 Å². The van der Waals surface area contributed by atoms with Crippen LogP contribution in [0.1, 0.15) is 12.0 Å². The van der Waals surface area contributed by atoms with Gasteiger partial charge in [0, 0.05) is 32.0 Å². The van der Waals surface area contributed by atoms with Crippen molar-refractivity contribution in [2.45, 2.75) is 6.42 Å². The molecular weight excluding hydrogens is 444 g/mol. The highest BCUT2D eigenvalue weighted by molar-refractivity contribution is 6.35. The lowest BCUT2D eigenvalue weighted by atomic mass is 10.2. The summed E-state index contributed by atoms with van der Waals surface area (Å²) in [5.74, 6) is -0.703. The van der Waals surface area contributed by atoms with E-state index in [9.17, 15) is 14.4 Å². The molecule has 182 valence electrons. The summed E-state index contributed by atoms with van der Waals surface area (Å²) in [6.45, 7) is 0.561. The Labute approximate surface area is 197 Å². The maximum absolute atomic E-state index is 12.2. The zero-order chi connectivity index (χ0) is 24.8. The Morgan fingerprint density at radius 1 is 0.971 bits per heavy atom. The van der Waals surface area contributed by atoms with Crippen molar-refractivity contribution < 1.29 is 33.3 Å². The van der Waals surface area contributed by atoms with Crippen molar-refractivity contribution in [3.8, 4) is 17.2 Å². The van der Waals surface area contributed by atoms with E-state index in [1.54, 1.807) is 56.7 Å². The van der Waals surface area contributed by atoms with E-state index in [1.807, 2.05) is 0 Å². The van der Waals surface area contributed by atoms with Crippen molar-refractivity contribution >= 4 is 29.6 Å². The molecule has 2 aromatic carbocycles. The quantitative estimate of drug-likeness (QED) is 0.183. The van der Waals surface area contributed by atoms with Gasteiger partial charge in [0.1, 0.15) is 5.75 Å². The van der Waals surface area contributed by atoms with Crippen molar-refractivity contribution in [2.24, 2.45) is 5.10 Å². The molecule has 0 saturated heterocycles. The van der Waals surface area contributed by atoms with Gasteiger partial charge in [-0.1, -0.05) is 6.07 Å². The van der Waals surface area contributed by atoms with Crippen LogP contribution in [0.15, 0.2) is 47.6 Å². The Morgan fingerprint density at radius 2 is 1.79 bits per heavy atom. The highest BCUT2D eigenvalue weighted by Crippen LogP contribution is 2.27. The number of carbonyl (C=O) groups is 3. The third kappa shape index (κ3) is 8.79.